The Kier molecular flexibility index (Phi) is 4.68. The second kappa shape index (κ2) is 6.46. The Labute approximate surface area is 145 Å². The molecule has 0 unspecified atom stereocenters. The third kappa shape index (κ3) is 3.48. The number of para-hydroxylation sites is 2. The first-order chi connectivity index (χ1) is 11.3. The lowest BCUT2D eigenvalue weighted by Gasteiger charge is -2.37. The van der Waals surface area contributed by atoms with E-state index < -0.39 is 8.32 Å². The quantitative estimate of drug-likeness (QED) is 0.584. The molecule has 1 aromatic heterocycles. The molecular weight excluding hydrogens is 316 g/mol. The van der Waals surface area contributed by atoms with Gasteiger partial charge in [0.2, 0.25) is 0 Å². The lowest BCUT2D eigenvalue weighted by molar-refractivity contribution is -0.0544. The van der Waals surface area contributed by atoms with Crippen LogP contribution < -0.4 is 0 Å². The number of imidazole rings is 1. The molecule has 3 rings (SSSR count). The summed E-state index contributed by atoms with van der Waals surface area (Å²) in [6, 6.07) is 8.17. The maximum atomic E-state index is 6.32. The van der Waals surface area contributed by atoms with Crippen molar-refractivity contribution in [3.05, 3.63) is 42.7 Å². The van der Waals surface area contributed by atoms with E-state index in [4.69, 9.17) is 9.16 Å². The molecule has 0 saturated heterocycles. The number of nitrogens with zero attached hydrogens (tertiary/aromatic N) is 2. The molecule has 0 amide bonds. The van der Waals surface area contributed by atoms with Gasteiger partial charge in [-0.25, -0.2) is 4.98 Å². The number of rotatable bonds is 4. The van der Waals surface area contributed by atoms with Gasteiger partial charge in [0.25, 0.3) is 0 Å². The molecule has 0 spiro atoms. The highest BCUT2D eigenvalue weighted by Gasteiger charge is 2.37. The van der Waals surface area contributed by atoms with E-state index in [0.29, 0.717) is 6.61 Å². The van der Waals surface area contributed by atoms with Crippen LogP contribution >= 0.6 is 0 Å². The average molecular weight is 345 g/mol. The predicted octanol–water partition coefficient (Wildman–Crippen LogP) is 4.90. The van der Waals surface area contributed by atoms with Crippen molar-refractivity contribution >= 4 is 19.4 Å². The van der Waals surface area contributed by atoms with Crippen LogP contribution in [0.3, 0.4) is 0 Å². The Bertz CT molecular complexity index is 730. The zero-order valence-corrected chi connectivity index (χ0v) is 16.3. The fraction of sp³-hybridized carbons (Fsp3) is 0.526. The summed E-state index contributed by atoms with van der Waals surface area (Å²) in [6.45, 7) is 12.0. The molecule has 1 aliphatic rings. The molecule has 0 bridgehead atoms. The summed E-state index contributed by atoms with van der Waals surface area (Å²) in [7, 11) is -1.75. The van der Waals surface area contributed by atoms with E-state index in [1.807, 2.05) is 24.5 Å². The van der Waals surface area contributed by atoms with Crippen molar-refractivity contribution in [2.75, 3.05) is 6.61 Å². The van der Waals surface area contributed by atoms with Crippen LogP contribution in [-0.2, 0) is 9.16 Å². The third-order valence-corrected chi connectivity index (χ3v) is 9.73. The van der Waals surface area contributed by atoms with Gasteiger partial charge in [0.05, 0.1) is 24.0 Å². The number of aromatic nitrogens is 2. The minimum Gasteiger partial charge on any atom is -0.414 e. The number of hydrogen-bond acceptors (Lipinski definition) is 3. The molecule has 0 fully saturated rings. The van der Waals surface area contributed by atoms with E-state index in [1.165, 1.54) is 0 Å². The molecule has 1 aromatic carbocycles. The van der Waals surface area contributed by atoms with Gasteiger partial charge in [0.1, 0.15) is 12.3 Å². The summed E-state index contributed by atoms with van der Waals surface area (Å²) in [5, 5.41) is 0.214. The van der Waals surface area contributed by atoms with Gasteiger partial charge in [-0.1, -0.05) is 45.1 Å². The van der Waals surface area contributed by atoms with Gasteiger partial charge in [-0.3, -0.25) is 0 Å². The van der Waals surface area contributed by atoms with Crippen LogP contribution in [0, 0.1) is 0 Å². The molecular formula is C19H28N2O2Si. The summed E-state index contributed by atoms with van der Waals surface area (Å²) in [4.78, 5) is 4.47. The maximum Gasteiger partial charge on any atom is 0.192 e. The van der Waals surface area contributed by atoms with E-state index in [0.717, 1.165) is 17.5 Å². The number of hydrogen-bond donors (Lipinski definition) is 0. The molecule has 130 valence electrons. The molecule has 2 heterocycles. The van der Waals surface area contributed by atoms with Crippen molar-refractivity contribution in [3.8, 4) is 0 Å². The minimum atomic E-state index is -1.75. The Hall–Kier alpha value is -1.43. The van der Waals surface area contributed by atoms with Gasteiger partial charge in [-0.05, 0) is 30.3 Å². The van der Waals surface area contributed by atoms with Gasteiger partial charge < -0.3 is 13.7 Å². The third-order valence-electron chi connectivity index (χ3n) is 5.23. The van der Waals surface area contributed by atoms with E-state index >= 15 is 0 Å². The SMILES string of the molecule is CC(C)(C)[Si](C)(C)OC[C@H]1C=CC[C@@H](n2cnc3ccccc32)O1. The summed E-state index contributed by atoms with van der Waals surface area (Å²) >= 11 is 0. The number of ether oxygens (including phenoxy) is 1. The lowest BCUT2D eigenvalue weighted by Crippen LogP contribution is -2.43. The van der Waals surface area contributed by atoms with Crippen molar-refractivity contribution < 1.29 is 9.16 Å². The van der Waals surface area contributed by atoms with Crippen LogP contribution in [0.1, 0.15) is 33.4 Å². The molecule has 24 heavy (non-hydrogen) atoms. The molecule has 1 aliphatic heterocycles. The summed E-state index contributed by atoms with van der Waals surface area (Å²) in [6.07, 6.45) is 7.04. The average Bonchev–Trinajstić information content (AvgIpc) is 2.96. The molecule has 5 heteroatoms. The van der Waals surface area contributed by atoms with Crippen LogP contribution in [0.5, 0.6) is 0 Å². The van der Waals surface area contributed by atoms with Crippen LogP contribution in [0.4, 0.5) is 0 Å². The Morgan fingerprint density at radius 2 is 2.04 bits per heavy atom. The van der Waals surface area contributed by atoms with Crippen LogP contribution in [0.15, 0.2) is 42.7 Å². The molecule has 0 N–H and O–H groups in total. The molecule has 0 aliphatic carbocycles. The zero-order valence-electron chi connectivity index (χ0n) is 15.3. The number of fused-ring (bicyclic) bond motifs is 1. The van der Waals surface area contributed by atoms with E-state index in [9.17, 15) is 0 Å². The highest BCUT2D eigenvalue weighted by Crippen LogP contribution is 2.37. The fourth-order valence-electron chi connectivity index (χ4n) is 2.64. The Morgan fingerprint density at radius 3 is 2.79 bits per heavy atom. The lowest BCUT2D eigenvalue weighted by atomic mass is 10.2. The van der Waals surface area contributed by atoms with E-state index in [-0.39, 0.29) is 17.4 Å². The normalized spacial score (nSPS) is 22.2. The van der Waals surface area contributed by atoms with Crippen molar-refractivity contribution in [2.24, 2.45) is 0 Å². The van der Waals surface area contributed by atoms with Crippen molar-refractivity contribution in [2.45, 2.75) is 57.7 Å². The van der Waals surface area contributed by atoms with Gasteiger partial charge in [0.15, 0.2) is 8.32 Å². The van der Waals surface area contributed by atoms with Gasteiger partial charge in [-0.15, -0.1) is 0 Å². The smallest absolute Gasteiger partial charge is 0.192 e. The predicted molar refractivity (Wildman–Crippen MR) is 101 cm³/mol. The monoisotopic (exact) mass is 344 g/mol. The second-order valence-corrected chi connectivity index (χ2v) is 12.8. The molecule has 2 aromatic rings. The first-order valence-corrected chi connectivity index (χ1v) is 11.6. The zero-order chi connectivity index (χ0) is 17.4. The second-order valence-electron chi connectivity index (χ2n) is 8.00. The summed E-state index contributed by atoms with van der Waals surface area (Å²) in [5.41, 5.74) is 2.12. The fourth-order valence-corrected chi connectivity index (χ4v) is 3.65. The first-order valence-electron chi connectivity index (χ1n) is 8.65. The Balaban J connectivity index is 1.69. The van der Waals surface area contributed by atoms with Gasteiger partial charge in [0, 0.05) is 6.42 Å². The summed E-state index contributed by atoms with van der Waals surface area (Å²) in [5.74, 6) is 0. The molecule has 2 atom stereocenters. The van der Waals surface area contributed by atoms with E-state index in [2.05, 4.69) is 61.6 Å². The molecule has 0 saturated carbocycles. The highest BCUT2D eigenvalue weighted by atomic mass is 28.4. The van der Waals surface area contributed by atoms with Crippen molar-refractivity contribution in [1.82, 2.24) is 9.55 Å². The largest absolute Gasteiger partial charge is 0.414 e. The standard InChI is InChI=1S/C19H28N2O2Si/c1-19(2,3)24(4,5)22-13-15-9-8-12-18(23-15)21-14-20-16-10-6-7-11-17(16)21/h6-11,14-15,18H,12-13H2,1-5H3/t15-,18+/m1/s1. The van der Waals surface area contributed by atoms with Crippen molar-refractivity contribution in [1.29, 1.82) is 0 Å². The van der Waals surface area contributed by atoms with Crippen LogP contribution in [-0.4, -0.2) is 30.6 Å². The topological polar surface area (TPSA) is 36.3 Å². The van der Waals surface area contributed by atoms with Crippen LogP contribution in [0.2, 0.25) is 18.1 Å². The highest BCUT2D eigenvalue weighted by molar-refractivity contribution is 6.74. The molecule has 0 radical (unpaired) electrons. The van der Waals surface area contributed by atoms with E-state index in [1.54, 1.807) is 0 Å². The molecule has 4 nitrogen and oxygen atoms in total. The van der Waals surface area contributed by atoms with Crippen molar-refractivity contribution in [3.63, 3.8) is 0 Å². The van der Waals surface area contributed by atoms with Gasteiger partial charge in [-0.2, -0.15) is 0 Å². The number of benzene rings is 1. The van der Waals surface area contributed by atoms with Crippen LogP contribution in [0.25, 0.3) is 11.0 Å². The summed E-state index contributed by atoms with van der Waals surface area (Å²) < 4.78 is 14.7. The first kappa shape index (κ1) is 17.4. The van der Waals surface area contributed by atoms with Gasteiger partial charge >= 0.3 is 0 Å². The minimum absolute atomic E-state index is 0.000891. The maximum absolute atomic E-state index is 6.32. The Morgan fingerprint density at radius 1 is 1.29 bits per heavy atom.